The van der Waals surface area contributed by atoms with Crippen LogP contribution in [0.2, 0.25) is 5.02 Å². The zero-order valence-electron chi connectivity index (χ0n) is 13.2. The van der Waals surface area contributed by atoms with Crippen molar-refractivity contribution in [3.63, 3.8) is 0 Å². The smallest absolute Gasteiger partial charge is 0.269 e. The molecule has 0 bridgehead atoms. The fraction of sp³-hybridized carbons (Fsp3) is 0.176. The molecule has 24 heavy (non-hydrogen) atoms. The SMILES string of the molecule is CC(C)N=c1ccccn1C(=O)/C=C/c1ccc(Cl)c([N+](=O)[O-])c1. The van der Waals surface area contributed by atoms with Crippen LogP contribution in [0.1, 0.15) is 24.2 Å². The summed E-state index contributed by atoms with van der Waals surface area (Å²) in [5.74, 6) is -0.299. The molecule has 0 unspecified atom stereocenters. The van der Waals surface area contributed by atoms with Crippen LogP contribution in [-0.2, 0) is 0 Å². The van der Waals surface area contributed by atoms with Gasteiger partial charge in [0.05, 0.1) is 4.92 Å². The number of benzene rings is 1. The third kappa shape index (κ3) is 4.39. The Balaban J connectivity index is 2.33. The Morgan fingerprint density at radius 1 is 1.33 bits per heavy atom. The van der Waals surface area contributed by atoms with E-state index in [0.717, 1.165) is 0 Å². The van der Waals surface area contributed by atoms with E-state index in [1.165, 1.54) is 28.9 Å². The summed E-state index contributed by atoms with van der Waals surface area (Å²) in [4.78, 5) is 27.1. The van der Waals surface area contributed by atoms with Crippen molar-refractivity contribution in [1.29, 1.82) is 0 Å². The summed E-state index contributed by atoms with van der Waals surface area (Å²) in [6.07, 6.45) is 4.47. The third-order valence-electron chi connectivity index (χ3n) is 3.05. The van der Waals surface area contributed by atoms with Crippen LogP contribution >= 0.6 is 11.6 Å². The van der Waals surface area contributed by atoms with Gasteiger partial charge in [0.1, 0.15) is 10.5 Å². The summed E-state index contributed by atoms with van der Waals surface area (Å²) in [6, 6.07) is 9.69. The fourth-order valence-electron chi connectivity index (χ4n) is 2.01. The molecule has 124 valence electrons. The van der Waals surface area contributed by atoms with Crippen molar-refractivity contribution in [3.05, 3.63) is 74.9 Å². The van der Waals surface area contributed by atoms with Gasteiger partial charge in [-0.15, -0.1) is 0 Å². The second kappa shape index (κ2) is 7.70. The number of allylic oxidation sites excluding steroid dienone is 1. The van der Waals surface area contributed by atoms with E-state index in [9.17, 15) is 14.9 Å². The Labute approximate surface area is 143 Å². The monoisotopic (exact) mass is 345 g/mol. The normalized spacial score (nSPS) is 12.1. The Kier molecular flexibility index (Phi) is 5.65. The molecule has 1 aromatic heterocycles. The van der Waals surface area contributed by atoms with Gasteiger partial charge in [0, 0.05) is 24.4 Å². The number of rotatable bonds is 4. The Morgan fingerprint density at radius 2 is 2.08 bits per heavy atom. The number of hydrogen-bond donors (Lipinski definition) is 0. The molecule has 0 amide bonds. The maximum Gasteiger partial charge on any atom is 0.288 e. The van der Waals surface area contributed by atoms with E-state index in [1.54, 1.807) is 30.5 Å². The molecule has 0 atom stereocenters. The van der Waals surface area contributed by atoms with Crippen molar-refractivity contribution in [2.45, 2.75) is 19.9 Å². The average molecular weight is 346 g/mol. The Bertz CT molecular complexity index is 869. The van der Waals surface area contributed by atoms with Crippen LogP contribution in [0.5, 0.6) is 0 Å². The lowest BCUT2D eigenvalue weighted by molar-refractivity contribution is -0.384. The highest BCUT2D eigenvalue weighted by molar-refractivity contribution is 6.32. The van der Waals surface area contributed by atoms with Crippen molar-refractivity contribution in [1.82, 2.24) is 4.57 Å². The molecule has 1 heterocycles. The van der Waals surface area contributed by atoms with E-state index in [1.807, 2.05) is 13.8 Å². The summed E-state index contributed by atoms with van der Waals surface area (Å²) in [6.45, 7) is 3.84. The second-order valence-corrected chi connectivity index (χ2v) is 5.70. The second-order valence-electron chi connectivity index (χ2n) is 5.29. The van der Waals surface area contributed by atoms with E-state index in [4.69, 9.17) is 11.6 Å². The molecule has 0 fully saturated rings. The number of aromatic nitrogens is 1. The minimum atomic E-state index is -0.562. The van der Waals surface area contributed by atoms with Gasteiger partial charge in [-0.3, -0.25) is 24.5 Å². The Hall–Kier alpha value is -2.73. The summed E-state index contributed by atoms with van der Waals surface area (Å²) in [7, 11) is 0. The predicted molar refractivity (Wildman–Crippen MR) is 92.9 cm³/mol. The zero-order valence-corrected chi connectivity index (χ0v) is 14.0. The highest BCUT2D eigenvalue weighted by Crippen LogP contribution is 2.25. The molecule has 0 saturated carbocycles. The summed E-state index contributed by atoms with van der Waals surface area (Å²) < 4.78 is 1.42. The third-order valence-corrected chi connectivity index (χ3v) is 3.37. The summed E-state index contributed by atoms with van der Waals surface area (Å²) >= 11 is 5.77. The van der Waals surface area contributed by atoms with Crippen molar-refractivity contribution in [2.75, 3.05) is 0 Å². The molecule has 0 saturated heterocycles. The van der Waals surface area contributed by atoms with Gasteiger partial charge in [0.25, 0.3) is 11.6 Å². The Morgan fingerprint density at radius 3 is 2.75 bits per heavy atom. The van der Waals surface area contributed by atoms with Crippen molar-refractivity contribution in [2.24, 2.45) is 4.99 Å². The van der Waals surface area contributed by atoms with E-state index in [2.05, 4.69) is 4.99 Å². The van der Waals surface area contributed by atoms with Crippen LogP contribution < -0.4 is 5.49 Å². The number of nitro benzene ring substituents is 1. The topological polar surface area (TPSA) is 77.5 Å². The minimum absolute atomic E-state index is 0.0503. The molecule has 0 N–H and O–H groups in total. The van der Waals surface area contributed by atoms with Crippen LogP contribution in [0, 0.1) is 10.1 Å². The van der Waals surface area contributed by atoms with E-state index >= 15 is 0 Å². The van der Waals surface area contributed by atoms with Gasteiger partial charge < -0.3 is 0 Å². The first kappa shape index (κ1) is 17.6. The number of hydrogen-bond acceptors (Lipinski definition) is 4. The molecule has 0 aliphatic carbocycles. The highest BCUT2D eigenvalue weighted by Gasteiger charge is 2.11. The van der Waals surface area contributed by atoms with Crippen LogP contribution in [0.4, 0.5) is 5.69 Å². The molecule has 0 spiro atoms. The summed E-state index contributed by atoms with van der Waals surface area (Å²) in [5.41, 5.74) is 0.858. The largest absolute Gasteiger partial charge is 0.288 e. The molecule has 2 aromatic rings. The standard InChI is InChI=1S/C17H16ClN3O3/c1-12(2)19-16-5-3-4-10-20(16)17(22)9-7-13-6-8-14(18)15(11-13)21(23)24/h3-12H,1-2H3/b9-7+,19-16?. The van der Waals surface area contributed by atoms with Gasteiger partial charge in [-0.2, -0.15) is 0 Å². The van der Waals surface area contributed by atoms with Gasteiger partial charge in [0.2, 0.25) is 0 Å². The average Bonchev–Trinajstić information content (AvgIpc) is 2.53. The lowest BCUT2D eigenvalue weighted by atomic mass is 10.2. The number of carbonyl (C=O) groups excluding carboxylic acids is 1. The zero-order chi connectivity index (χ0) is 17.7. The van der Waals surface area contributed by atoms with Gasteiger partial charge in [-0.25, -0.2) is 0 Å². The number of pyridine rings is 1. The molecule has 0 aliphatic rings. The van der Waals surface area contributed by atoms with Gasteiger partial charge in [0.15, 0.2) is 0 Å². The van der Waals surface area contributed by atoms with Gasteiger partial charge >= 0.3 is 0 Å². The molecule has 0 aliphatic heterocycles. The van der Waals surface area contributed by atoms with Crippen LogP contribution in [0.15, 0.2) is 53.7 Å². The lowest BCUT2D eigenvalue weighted by Crippen LogP contribution is -2.26. The fourth-order valence-corrected chi connectivity index (χ4v) is 2.20. The maximum atomic E-state index is 12.4. The van der Waals surface area contributed by atoms with Crippen molar-refractivity contribution in [3.8, 4) is 0 Å². The lowest BCUT2D eigenvalue weighted by Gasteiger charge is -2.04. The van der Waals surface area contributed by atoms with Crippen LogP contribution in [-0.4, -0.2) is 21.4 Å². The molecular formula is C17H16ClN3O3. The van der Waals surface area contributed by atoms with E-state index in [0.29, 0.717) is 11.1 Å². The first-order valence-corrected chi connectivity index (χ1v) is 7.64. The molecule has 2 rings (SSSR count). The minimum Gasteiger partial charge on any atom is -0.269 e. The predicted octanol–water partition coefficient (Wildman–Crippen LogP) is 3.71. The van der Waals surface area contributed by atoms with Gasteiger partial charge in [-0.05, 0) is 43.7 Å². The van der Waals surface area contributed by atoms with Crippen LogP contribution in [0.3, 0.4) is 0 Å². The van der Waals surface area contributed by atoms with Crippen molar-refractivity contribution < 1.29 is 9.72 Å². The number of carbonyl (C=O) groups is 1. The molecule has 1 aromatic carbocycles. The first-order chi connectivity index (χ1) is 11.4. The van der Waals surface area contributed by atoms with E-state index < -0.39 is 4.92 Å². The number of halogens is 1. The van der Waals surface area contributed by atoms with Crippen molar-refractivity contribution >= 4 is 29.3 Å². The van der Waals surface area contributed by atoms with Crippen LogP contribution in [0.25, 0.3) is 6.08 Å². The quantitative estimate of drug-likeness (QED) is 0.481. The number of nitro groups is 1. The molecule has 7 heteroatoms. The highest BCUT2D eigenvalue weighted by atomic mass is 35.5. The van der Waals surface area contributed by atoms with Gasteiger partial charge in [-0.1, -0.05) is 23.7 Å². The first-order valence-electron chi connectivity index (χ1n) is 7.26. The molecule has 0 radical (unpaired) electrons. The van der Waals surface area contributed by atoms with E-state index in [-0.39, 0.29) is 22.7 Å². The summed E-state index contributed by atoms with van der Waals surface area (Å²) in [5, 5.41) is 10.9. The number of nitrogens with zero attached hydrogens (tertiary/aromatic N) is 3. The maximum absolute atomic E-state index is 12.4. The molecular weight excluding hydrogens is 330 g/mol. The molecule has 6 nitrogen and oxygen atoms in total.